The second-order valence-electron chi connectivity index (χ2n) is 1.79. The van der Waals surface area contributed by atoms with Crippen LogP contribution in [0.15, 0.2) is 12.1 Å². The Morgan fingerprint density at radius 1 is 1.00 bits per heavy atom. The molecule has 1 aromatic rings. The van der Waals surface area contributed by atoms with Crippen LogP contribution in [0.5, 0.6) is 17.2 Å². The van der Waals surface area contributed by atoms with Gasteiger partial charge >= 0.3 is 0 Å². The van der Waals surface area contributed by atoms with Crippen LogP contribution in [0.4, 0.5) is 4.39 Å². The zero-order chi connectivity index (χ0) is 7.72. The van der Waals surface area contributed by atoms with Crippen LogP contribution in [0.1, 0.15) is 0 Å². The highest BCUT2D eigenvalue weighted by Gasteiger charge is 2.06. The van der Waals surface area contributed by atoms with Gasteiger partial charge in [0, 0.05) is 12.1 Å². The monoisotopic (exact) mass is 144 g/mol. The quantitative estimate of drug-likeness (QED) is 0.475. The second-order valence-corrected chi connectivity index (χ2v) is 1.79. The minimum absolute atomic E-state index is 0.669. The van der Waals surface area contributed by atoms with Crippen molar-refractivity contribution in [3.8, 4) is 17.2 Å². The van der Waals surface area contributed by atoms with E-state index in [0.717, 1.165) is 0 Å². The number of aromatic hydroxyl groups is 3. The van der Waals surface area contributed by atoms with Gasteiger partial charge in [0.2, 0.25) is 0 Å². The van der Waals surface area contributed by atoms with Crippen LogP contribution >= 0.6 is 0 Å². The van der Waals surface area contributed by atoms with E-state index in [1.54, 1.807) is 0 Å². The summed E-state index contributed by atoms with van der Waals surface area (Å²) in [7, 11) is 0. The van der Waals surface area contributed by atoms with Gasteiger partial charge in [0.25, 0.3) is 0 Å². The van der Waals surface area contributed by atoms with E-state index < -0.39 is 23.1 Å². The van der Waals surface area contributed by atoms with Crippen LogP contribution in [-0.2, 0) is 0 Å². The van der Waals surface area contributed by atoms with E-state index in [0.29, 0.717) is 12.1 Å². The first kappa shape index (κ1) is 6.67. The van der Waals surface area contributed by atoms with Crippen molar-refractivity contribution in [2.45, 2.75) is 0 Å². The van der Waals surface area contributed by atoms with Gasteiger partial charge in [0.1, 0.15) is 5.82 Å². The van der Waals surface area contributed by atoms with Crippen LogP contribution in [0.2, 0.25) is 0 Å². The van der Waals surface area contributed by atoms with E-state index in [2.05, 4.69) is 0 Å². The van der Waals surface area contributed by atoms with Crippen molar-refractivity contribution in [3.63, 3.8) is 0 Å². The fourth-order valence-electron chi connectivity index (χ4n) is 0.571. The molecule has 0 radical (unpaired) electrons. The summed E-state index contributed by atoms with van der Waals surface area (Å²) in [6.45, 7) is 0. The number of rotatable bonds is 0. The predicted octanol–water partition coefficient (Wildman–Crippen LogP) is 0.942. The Morgan fingerprint density at radius 3 is 1.80 bits per heavy atom. The van der Waals surface area contributed by atoms with E-state index in [1.807, 2.05) is 0 Å². The largest absolute Gasteiger partial charge is 0.504 e. The van der Waals surface area contributed by atoms with Gasteiger partial charge in [-0.1, -0.05) is 0 Å². The molecule has 0 aliphatic carbocycles. The van der Waals surface area contributed by atoms with Gasteiger partial charge in [-0.2, -0.15) is 0 Å². The minimum Gasteiger partial charge on any atom is -0.504 e. The molecule has 0 spiro atoms. The van der Waals surface area contributed by atoms with Crippen LogP contribution in [0, 0.1) is 5.82 Å². The van der Waals surface area contributed by atoms with E-state index in [1.165, 1.54) is 0 Å². The summed E-state index contributed by atoms with van der Waals surface area (Å²) in [6.07, 6.45) is 0. The van der Waals surface area contributed by atoms with Crippen molar-refractivity contribution in [1.29, 1.82) is 0 Å². The smallest absolute Gasteiger partial charge is 0.200 e. The molecule has 3 N–H and O–H groups in total. The summed E-state index contributed by atoms with van der Waals surface area (Å²) in [5.74, 6) is -2.84. The molecular formula is C6H5FO3. The predicted molar refractivity (Wildman–Crippen MR) is 31.4 cm³/mol. The Balaban J connectivity index is 3.31. The van der Waals surface area contributed by atoms with Crippen molar-refractivity contribution in [2.24, 2.45) is 0 Å². The van der Waals surface area contributed by atoms with E-state index in [9.17, 15) is 4.39 Å². The molecule has 0 atom stereocenters. The third-order valence-electron chi connectivity index (χ3n) is 1.03. The van der Waals surface area contributed by atoms with Crippen LogP contribution in [-0.4, -0.2) is 15.3 Å². The van der Waals surface area contributed by atoms with Crippen molar-refractivity contribution in [1.82, 2.24) is 0 Å². The van der Waals surface area contributed by atoms with Crippen LogP contribution in [0.3, 0.4) is 0 Å². The number of phenolic OH excluding ortho intramolecular Hbond substituents is 3. The number of hydrogen-bond acceptors (Lipinski definition) is 3. The van der Waals surface area contributed by atoms with E-state index in [-0.39, 0.29) is 0 Å². The lowest BCUT2D eigenvalue weighted by atomic mass is 10.3. The fourth-order valence-corrected chi connectivity index (χ4v) is 0.571. The summed E-state index contributed by atoms with van der Waals surface area (Å²) >= 11 is 0. The molecule has 0 bridgehead atoms. The van der Waals surface area contributed by atoms with Gasteiger partial charge in [-0.15, -0.1) is 0 Å². The Morgan fingerprint density at radius 2 is 1.40 bits per heavy atom. The average Bonchev–Trinajstić information content (AvgIpc) is 1.82. The maximum atomic E-state index is 12.2. The maximum Gasteiger partial charge on any atom is 0.200 e. The van der Waals surface area contributed by atoms with Gasteiger partial charge in [-0.3, -0.25) is 0 Å². The number of hydrogen-bond donors (Lipinski definition) is 3. The molecule has 54 valence electrons. The highest BCUT2D eigenvalue weighted by Crippen LogP contribution is 2.34. The van der Waals surface area contributed by atoms with Gasteiger partial charge in [0.15, 0.2) is 17.2 Å². The fraction of sp³-hybridized carbons (Fsp3) is 0. The van der Waals surface area contributed by atoms with E-state index >= 15 is 0 Å². The Kier molecular flexibility index (Phi) is 1.37. The zero-order valence-electron chi connectivity index (χ0n) is 4.87. The average molecular weight is 144 g/mol. The molecule has 0 aliphatic rings. The molecular weight excluding hydrogens is 139 g/mol. The Labute approximate surface area is 56.0 Å². The van der Waals surface area contributed by atoms with Crippen LogP contribution < -0.4 is 0 Å². The number of phenols is 3. The molecule has 0 unspecified atom stereocenters. The molecule has 4 heteroatoms. The molecule has 0 saturated heterocycles. The van der Waals surface area contributed by atoms with Gasteiger partial charge in [0.05, 0.1) is 0 Å². The molecule has 0 fully saturated rings. The molecule has 0 amide bonds. The first-order valence-corrected chi connectivity index (χ1v) is 2.51. The molecule has 0 aromatic heterocycles. The summed E-state index contributed by atoms with van der Waals surface area (Å²) in [6, 6.07) is 1.41. The summed E-state index contributed by atoms with van der Waals surface area (Å²) < 4.78 is 12.2. The number of benzene rings is 1. The van der Waals surface area contributed by atoms with Gasteiger partial charge in [-0.25, -0.2) is 4.39 Å². The van der Waals surface area contributed by atoms with Gasteiger partial charge < -0.3 is 15.3 Å². The second kappa shape index (κ2) is 2.06. The minimum atomic E-state index is -0.798. The van der Waals surface area contributed by atoms with Crippen LogP contribution in [0.25, 0.3) is 0 Å². The Hall–Kier alpha value is -1.45. The summed E-state index contributed by atoms with van der Waals surface area (Å²) in [5.41, 5.74) is 0. The zero-order valence-corrected chi connectivity index (χ0v) is 4.87. The SMILES string of the molecule is Oc1cc(F)cc(O)c1O. The Bertz CT molecular complexity index is 236. The van der Waals surface area contributed by atoms with Crippen molar-refractivity contribution < 1.29 is 19.7 Å². The highest BCUT2D eigenvalue weighted by molar-refractivity contribution is 5.48. The molecule has 0 aliphatic heterocycles. The lowest BCUT2D eigenvalue weighted by Crippen LogP contribution is -1.74. The first-order chi connectivity index (χ1) is 4.61. The normalized spacial score (nSPS) is 9.70. The van der Waals surface area contributed by atoms with Crippen molar-refractivity contribution in [2.75, 3.05) is 0 Å². The highest BCUT2D eigenvalue weighted by atomic mass is 19.1. The van der Waals surface area contributed by atoms with E-state index in [4.69, 9.17) is 15.3 Å². The van der Waals surface area contributed by atoms with Crippen molar-refractivity contribution in [3.05, 3.63) is 17.9 Å². The molecule has 1 aromatic carbocycles. The third kappa shape index (κ3) is 0.953. The standard InChI is InChI=1S/C6H5FO3/c7-3-1-4(8)6(10)5(9)2-3/h1-2,8-10H. The molecule has 3 nitrogen and oxygen atoms in total. The first-order valence-electron chi connectivity index (χ1n) is 2.51. The molecule has 1 rings (SSSR count). The topological polar surface area (TPSA) is 60.7 Å². The number of halogens is 1. The van der Waals surface area contributed by atoms with Gasteiger partial charge in [-0.05, 0) is 0 Å². The van der Waals surface area contributed by atoms with Crippen molar-refractivity contribution >= 4 is 0 Å². The lowest BCUT2D eigenvalue weighted by molar-refractivity contribution is 0.363. The molecule has 0 heterocycles. The summed E-state index contributed by atoms with van der Waals surface area (Å²) in [5, 5.41) is 25.9. The molecule has 10 heavy (non-hydrogen) atoms. The summed E-state index contributed by atoms with van der Waals surface area (Å²) in [4.78, 5) is 0. The molecule has 0 saturated carbocycles. The lowest BCUT2D eigenvalue weighted by Gasteiger charge is -1.98. The maximum absolute atomic E-state index is 12.2. The third-order valence-corrected chi connectivity index (χ3v) is 1.03.